The zero-order valence-corrected chi connectivity index (χ0v) is 61.6. The van der Waals surface area contributed by atoms with E-state index in [4.69, 9.17) is 88.9 Å². The van der Waals surface area contributed by atoms with Crippen LogP contribution in [-0.4, -0.2) is 186 Å². The van der Waals surface area contributed by atoms with Crippen molar-refractivity contribution in [3.8, 4) is 17.2 Å². The van der Waals surface area contributed by atoms with Gasteiger partial charge in [0.05, 0.1) is 36.6 Å². The predicted octanol–water partition coefficient (Wildman–Crippen LogP) is 16.6. The standard InChI is InChI=1S/C27H34Cl2N2O3.C26H31Cl2FN2O3.C25H30Cl2N2O3.H2/c1-27(26(32)33,18-20-5-3-2-4-6-20)31-15-9-21(10-16-31)19-30-13-11-22(12-14-30)34-23-7-8-24(28)25(29)17-23;27-22-6-5-21(16-23(22)28)34-20-9-11-30(12-10-20)17-18-7-13-31(14-8-18)25(26(32)33)15-19-3-1-2-4-24(19)29;26-23-5-4-22(16-24(23)27)32-21-8-10-28(11-9-21)17-18-6-12-29(13-7-18)20-3-1-2-19(14-20)15-25(30)31;/h2-8,17,21-22H,9-16,18-19H2,1H3,(H,32,33);1-6,16,18,20,25H,7-15,17H2,(H,32,33);1-5,14,16,18,21H,6-13,15,17H2,(H,30,31);1H/t27-;25-;;/m00../s1. The lowest BCUT2D eigenvalue weighted by Crippen LogP contribution is -2.57. The number of aliphatic carboxylic acids is 3. The third kappa shape index (κ3) is 22.9. The molecule has 3 N–H and O–H groups in total. The second-order valence-electron chi connectivity index (χ2n) is 28.1. The first-order chi connectivity index (χ1) is 48.2. The molecule has 6 saturated heterocycles. The summed E-state index contributed by atoms with van der Waals surface area (Å²) < 4.78 is 32.4. The summed E-state index contributed by atoms with van der Waals surface area (Å²) in [6.45, 7) is 16.4. The highest BCUT2D eigenvalue weighted by Gasteiger charge is 2.42. The van der Waals surface area contributed by atoms with E-state index in [0.29, 0.717) is 59.9 Å². The third-order valence-corrected chi connectivity index (χ3v) is 23.1. The fourth-order valence-electron chi connectivity index (χ4n) is 15.0. The highest BCUT2D eigenvalue weighted by molar-refractivity contribution is 6.43. The van der Waals surface area contributed by atoms with Gasteiger partial charge in [0.2, 0.25) is 0 Å². The van der Waals surface area contributed by atoms with Gasteiger partial charge < -0.3 is 49.1 Å². The Kier molecular flexibility index (Phi) is 29.1. The van der Waals surface area contributed by atoms with Crippen molar-refractivity contribution in [1.82, 2.24) is 24.5 Å². The summed E-state index contributed by atoms with van der Waals surface area (Å²) in [4.78, 5) is 49.3. The molecule has 12 rings (SSSR count). The van der Waals surface area contributed by atoms with Crippen LogP contribution >= 0.6 is 69.6 Å². The summed E-state index contributed by atoms with van der Waals surface area (Å²) in [5, 5.41) is 32.0. The van der Waals surface area contributed by atoms with Crippen LogP contribution in [0.1, 0.15) is 102 Å². The number of carboxylic acid groups (broad SMARTS) is 3. The first kappa shape index (κ1) is 77.0. The van der Waals surface area contributed by atoms with Gasteiger partial charge in [0, 0.05) is 110 Å². The van der Waals surface area contributed by atoms with E-state index in [1.165, 1.54) is 18.9 Å². The van der Waals surface area contributed by atoms with Crippen LogP contribution in [0, 0.1) is 23.6 Å². The molecule has 6 aliphatic heterocycles. The van der Waals surface area contributed by atoms with Crippen molar-refractivity contribution < 1.29 is 49.7 Å². The summed E-state index contributed by atoms with van der Waals surface area (Å²) >= 11 is 36.2. The number of carbonyl (C=O) groups is 3. The maximum absolute atomic E-state index is 14.0. The van der Waals surface area contributed by atoms with Crippen LogP contribution in [0.25, 0.3) is 0 Å². The second-order valence-corrected chi connectivity index (χ2v) is 30.5. The zero-order chi connectivity index (χ0) is 70.7. The minimum atomic E-state index is -0.884. The van der Waals surface area contributed by atoms with E-state index in [1.807, 2.05) is 78.6 Å². The molecule has 0 aromatic heterocycles. The summed E-state index contributed by atoms with van der Waals surface area (Å²) in [5.41, 5.74) is 2.67. The molecule has 0 amide bonds. The molecule has 6 aromatic rings. The quantitative estimate of drug-likeness (QED) is 0.0556. The van der Waals surface area contributed by atoms with Gasteiger partial charge >= 0.3 is 17.9 Å². The number of benzene rings is 6. The van der Waals surface area contributed by atoms with Gasteiger partial charge in [-0.25, -0.2) is 4.39 Å². The topological polar surface area (TPSA) is 159 Å². The molecular formula is C78H97Cl6FN6O9. The third-order valence-electron chi connectivity index (χ3n) is 20.9. The summed E-state index contributed by atoms with van der Waals surface area (Å²) in [7, 11) is 0. The monoisotopic (exact) mass is 1490 g/mol. The minimum absolute atomic E-state index is 0. The molecule has 22 heteroatoms. The molecule has 0 aliphatic carbocycles. The molecule has 542 valence electrons. The Morgan fingerprint density at radius 2 is 0.890 bits per heavy atom. The number of nitrogens with zero attached hydrogens (tertiary/aromatic N) is 6. The Morgan fingerprint density at radius 1 is 0.480 bits per heavy atom. The SMILES string of the molecule is C[C@](Cc1ccccc1)(C(=O)O)N1CCC(CN2CCC(Oc3ccc(Cl)c(Cl)c3)CC2)CC1.O=C(O)Cc1cccc(N2CCC(CN3CCC(Oc4ccc(Cl)c(Cl)c4)CC3)CC2)c1.O=C(O)[C@H](Cc1ccccc1F)N1CCC(CN2CCC(Oc3ccc(Cl)c(Cl)c3)CC2)CC1.[HH]. The van der Waals surface area contributed by atoms with Crippen LogP contribution in [0.5, 0.6) is 17.2 Å². The molecule has 6 heterocycles. The number of rotatable bonds is 23. The highest BCUT2D eigenvalue weighted by atomic mass is 35.5. The van der Waals surface area contributed by atoms with E-state index in [1.54, 1.807) is 54.6 Å². The second kappa shape index (κ2) is 37.7. The lowest BCUT2D eigenvalue weighted by atomic mass is 9.86. The van der Waals surface area contributed by atoms with E-state index in [-0.39, 0.29) is 38.4 Å². The van der Waals surface area contributed by atoms with Gasteiger partial charge in [0.15, 0.2) is 0 Å². The number of carboxylic acids is 3. The van der Waals surface area contributed by atoms with Crippen LogP contribution < -0.4 is 19.1 Å². The Balaban J connectivity index is 0.000000176. The zero-order valence-electron chi connectivity index (χ0n) is 57.1. The smallest absolute Gasteiger partial charge is 0.324 e. The largest absolute Gasteiger partial charge is 0.490 e. The Hall–Kier alpha value is -5.60. The van der Waals surface area contributed by atoms with Crippen LogP contribution in [0.2, 0.25) is 30.1 Å². The maximum Gasteiger partial charge on any atom is 0.324 e. The number of halogens is 7. The van der Waals surface area contributed by atoms with Gasteiger partial charge in [0.25, 0.3) is 0 Å². The number of anilines is 1. The van der Waals surface area contributed by atoms with Crippen molar-refractivity contribution >= 4 is 93.2 Å². The summed E-state index contributed by atoms with van der Waals surface area (Å²) in [6, 6.07) is 39.9. The minimum Gasteiger partial charge on any atom is -0.490 e. The molecule has 6 fully saturated rings. The molecule has 6 aromatic carbocycles. The average molecular weight is 1490 g/mol. The predicted molar refractivity (Wildman–Crippen MR) is 401 cm³/mol. The number of hydrogen-bond donors (Lipinski definition) is 3. The van der Waals surface area contributed by atoms with Crippen LogP contribution in [0.15, 0.2) is 133 Å². The van der Waals surface area contributed by atoms with Crippen molar-refractivity contribution in [2.75, 3.05) is 103 Å². The van der Waals surface area contributed by atoms with Crippen molar-refractivity contribution in [2.24, 2.45) is 17.8 Å². The number of ether oxygens (including phenoxy) is 3. The average Bonchev–Trinajstić information content (AvgIpc) is 0.818. The van der Waals surface area contributed by atoms with Crippen LogP contribution in [0.4, 0.5) is 10.1 Å². The van der Waals surface area contributed by atoms with Crippen molar-refractivity contribution in [3.63, 3.8) is 0 Å². The maximum atomic E-state index is 14.0. The van der Waals surface area contributed by atoms with Crippen LogP contribution in [0.3, 0.4) is 0 Å². The van der Waals surface area contributed by atoms with Crippen LogP contribution in [-0.2, 0) is 33.6 Å². The molecule has 15 nitrogen and oxygen atoms in total. The van der Waals surface area contributed by atoms with Gasteiger partial charge in [-0.3, -0.25) is 24.2 Å². The molecule has 0 unspecified atom stereocenters. The van der Waals surface area contributed by atoms with Crippen molar-refractivity contribution in [1.29, 1.82) is 0 Å². The number of likely N-dealkylation sites (tertiary alicyclic amines) is 5. The van der Waals surface area contributed by atoms with E-state index in [9.17, 15) is 29.0 Å². The molecule has 0 saturated carbocycles. The fourth-order valence-corrected chi connectivity index (χ4v) is 15.8. The number of hydrogen-bond acceptors (Lipinski definition) is 12. The Morgan fingerprint density at radius 3 is 1.30 bits per heavy atom. The van der Waals surface area contributed by atoms with Gasteiger partial charge in [-0.2, -0.15) is 0 Å². The van der Waals surface area contributed by atoms with E-state index >= 15 is 0 Å². The lowest BCUT2D eigenvalue weighted by Gasteiger charge is -2.43. The van der Waals surface area contributed by atoms with E-state index in [0.717, 1.165) is 196 Å². The van der Waals surface area contributed by atoms with Crippen molar-refractivity contribution in [3.05, 3.63) is 186 Å². The first-order valence-corrected chi connectivity index (χ1v) is 37.8. The van der Waals surface area contributed by atoms with Gasteiger partial charge in [0.1, 0.15) is 53.0 Å². The van der Waals surface area contributed by atoms with Gasteiger partial charge in [-0.15, -0.1) is 0 Å². The molecule has 0 spiro atoms. The summed E-state index contributed by atoms with van der Waals surface area (Å²) in [5.74, 6) is 1.44. The Labute approximate surface area is 620 Å². The lowest BCUT2D eigenvalue weighted by molar-refractivity contribution is -0.151. The van der Waals surface area contributed by atoms with Gasteiger partial charge in [-0.1, -0.05) is 130 Å². The van der Waals surface area contributed by atoms with Gasteiger partial charge in [-0.05, 0) is 199 Å². The molecule has 6 aliphatic rings. The van der Waals surface area contributed by atoms with E-state index in [2.05, 4.69) is 30.6 Å². The molecule has 2 atom stereocenters. The molecule has 100 heavy (non-hydrogen) atoms. The Bertz CT molecular complexity index is 3600. The number of piperidine rings is 6. The molecular weight excluding hydrogens is 1400 g/mol. The normalized spacial score (nSPS) is 19.7. The first-order valence-electron chi connectivity index (χ1n) is 35.5. The summed E-state index contributed by atoms with van der Waals surface area (Å²) in [6.07, 6.45) is 13.7. The van der Waals surface area contributed by atoms with Crippen molar-refractivity contribution in [2.45, 2.75) is 133 Å². The van der Waals surface area contributed by atoms with E-state index < -0.39 is 29.5 Å². The fraction of sp³-hybridized carbons (Fsp3) is 0.500. The highest BCUT2D eigenvalue weighted by Crippen LogP contribution is 2.35. The molecule has 0 radical (unpaired) electrons. The molecule has 0 bridgehead atoms.